The zero-order chi connectivity index (χ0) is 14.7. The van der Waals surface area contributed by atoms with E-state index in [1.54, 1.807) is 31.2 Å². The standard InChI is InChI=1S/C15H20ClNO3/c1-9-3-8-13(20-9)15(19)17-10(2)14(18)11-4-6-12(16)7-5-11/h4-7,9-10,13-14,18H,3,8H2,1-2H3,(H,17,19). The normalized spacial score (nSPS) is 25.2. The van der Waals surface area contributed by atoms with Gasteiger partial charge in [-0.05, 0) is 44.4 Å². The van der Waals surface area contributed by atoms with Gasteiger partial charge in [0.25, 0.3) is 0 Å². The number of hydrogen-bond donors (Lipinski definition) is 2. The zero-order valence-corrected chi connectivity index (χ0v) is 12.4. The summed E-state index contributed by atoms with van der Waals surface area (Å²) in [5, 5.41) is 13.6. The first kappa shape index (κ1) is 15.3. The monoisotopic (exact) mass is 297 g/mol. The van der Waals surface area contributed by atoms with Crippen LogP contribution in [0.15, 0.2) is 24.3 Å². The molecule has 1 saturated heterocycles. The Bertz CT molecular complexity index is 463. The highest BCUT2D eigenvalue weighted by atomic mass is 35.5. The molecule has 1 aromatic rings. The van der Waals surface area contributed by atoms with E-state index in [9.17, 15) is 9.90 Å². The number of amides is 1. The highest BCUT2D eigenvalue weighted by Gasteiger charge is 2.30. The molecule has 1 fully saturated rings. The summed E-state index contributed by atoms with van der Waals surface area (Å²) in [6.45, 7) is 3.73. The summed E-state index contributed by atoms with van der Waals surface area (Å²) in [7, 11) is 0. The number of benzene rings is 1. The van der Waals surface area contributed by atoms with E-state index in [0.717, 1.165) is 18.4 Å². The second-order valence-electron chi connectivity index (χ2n) is 5.31. The summed E-state index contributed by atoms with van der Waals surface area (Å²) in [4.78, 5) is 12.0. The number of carbonyl (C=O) groups excluding carboxylic acids is 1. The van der Waals surface area contributed by atoms with Gasteiger partial charge >= 0.3 is 0 Å². The van der Waals surface area contributed by atoms with Crippen LogP contribution in [0, 0.1) is 0 Å². The molecule has 2 rings (SSSR count). The van der Waals surface area contributed by atoms with E-state index in [-0.39, 0.29) is 18.1 Å². The number of rotatable bonds is 4. The quantitative estimate of drug-likeness (QED) is 0.897. The van der Waals surface area contributed by atoms with Crippen molar-refractivity contribution in [3.8, 4) is 0 Å². The van der Waals surface area contributed by atoms with Crippen molar-refractivity contribution in [1.29, 1.82) is 0 Å². The first-order chi connectivity index (χ1) is 9.47. The van der Waals surface area contributed by atoms with Crippen LogP contribution >= 0.6 is 11.6 Å². The smallest absolute Gasteiger partial charge is 0.249 e. The average Bonchev–Trinajstić information content (AvgIpc) is 2.85. The SMILES string of the molecule is CC1CCC(C(=O)NC(C)C(O)c2ccc(Cl)cc2)O1. The lowest BCUT2D eigenvalue weighted by Crippen LogP contribution is -2.42. The third-order valence-corrected chi connectivity index (χ3v) is 3.83. The predicted molar refractivity (Wildman–Crippen MR) is 77.6 cm³/mol. The van der Waals surface area contributed by atoms with Gasteiger partial charge < -0.3 is 15.2 Å². The van der Waals surface area contributed by atoms with Crippen LogP contribution in [0.4, 0.5) is 0 Å². The van der Waals surface area contributed by atoms with Crippen molar-refractivity contribution in [2.45, 2.75) is 51.0 Å². The Balaban J connectivity index is 1.92. The first-order valence-corrected chi connectivity index (χ1v) is 7.24. The predicted octanol–water partition coefficient (Wildman–Crippen LogP) is 2.45. The molecule has 0 saturated carbocycles. The number of hydrogen-bond acceptors (Lipinski definition) is 3. The molecule has 4 atom stereocenters. The van der Waals surface area contributed by atoms with Crippen LogP contribution in [0.1, 0.15) is 38.4 Å². The summed E-state index contributed by atoms with van der Waals surface area (Å²) in [5.74, 6) is -0.158. The van der Waals surface area contributed by atoms with E-state index < -0.39 is 12.2 Å². The molecule has 0 aromatic heterocycles. The fourth-order valence-corrected chi connectivity index (χ4v) is 2.47. The van der Waals surface area contributed by atoms with Gasteiger partial charge in [-0.25, -0.2) is 0 Å². The highest BCUT2D eigenvalue weighted by Crippen LogP contribution is 2.22. The van der Waals surface area contributed by atoms with E-state index in [2.05, 4.69) is 5.32 Å². The van der Waals surface area contributed by atoms with Crippen LogP contribution in [-0.2, 0) is 9.53 Å². The van der Waals surface area contributed by atoms with E-state index in [4.69, 9.17) is 16.3 Å². The summed E-state index contributed by atoms with van der Waals surface area (Å²) < 4.78 is 5.51. The van der Waals surface area contributed by atoms with Crippen molar-refractivity contribution in [2.75, 3.05) is 0 Å². The Morgan fingerprint density at radius 3 is 2.60 bits per heavy atom. The van der Waals surface area contributed by atoms with Gasteiger partial charge in [0.15, 0.2) is 0 Å². The molecule has 0 radical (unpaired) electrons. The number of aliphatic hydroxyl groups is 1. The molecule has 1 aliphatic heterocycles. The molecule has 110 valence electrons. The molecule has 0 aliphatic carbocycles. The lowest BCUT2D eigenvalue weighted by molar-refractivity contribution is -0.133. The van der Waals surface area contributed by atoms with Gasteiger partial charge in [0.2, 0.25) is 5.91 Å². The van der Waals surface area contributed by atoms with Crippen molar-refractivity contribution in [2.24, 2.45) is 0 Å². The van der Waals surface area contributed by atoms with E-state index in [0.29, 0.717) is 5.02 Å². The van der Waals surface area contributed by atoms with Gasteiger partial charge in [0, 0.05) is 5.02 Å². The van der Waals surface area contributed by atoms with Crippen molar-refractivity contribution >= 4 is 17.5 Å². The molecular formula is C15H20ClNO3. The fourth-order valence-electron chi connectivity index (χ4n) is 2.34. The summed E-state index contributed by atoms with van der Waals surface area (Å²) in [5.41, 5.74) is 0.725. The second kappa shape index (κ2) is 6.57. The maximum atomic E-state index is 12.0. The molecule has 0 spiro atoms. The maximum absolute atomic E-state index is 12.0. The minimum atomic E-state index is -0.768. The van der Waals surface area contributed by atoms with Crippen LogP contribution in [0.3, 0.4) is 0 Å². The average molecular weight is 298 g/mol. The van der Waals surface area contributed by atoms with Crippen LogP contribution < -0.4 is 5.32 Å². The molecule has 20 heavy (non-hydrogen) atoms. The van der Waals surface area contributed by atoms with Gasteiger partial charge in [-0.2, -0.15) is 0 Å². The third-order valence-electron chi connectivity index (χ3n) is 3.58. The molecular weight excluding hydrogens is 278 g/mol. The minimum absolute atomic E-state index is 0.127. The Kier molecular flexibility index (Phi) is 5.02. The molecule has 1 heterocycles. The Hall–Kier alpha value is -1.10. The summed E-state index contributed by atoms with van der Waals surface area (Å²) in [6.07, 6.45) is 0.588. The lowest BCUT2D eigenvalue weighted by Gasteiger charge is -2.22. The molecule has 1 aromatic carbocycles. The number of halogens is 1. The van der Waals surface area contributed by atoms with Crippen molar-refractivity contribution in [3.63, 3.8) is 0 Å². The number of nitrogens with one attached hydrogen (secondary N) is 1. The van der Waals surface area contributed by atoms with Crippen LogP contribution in [0.2, 0.25) is 5.02 Å². The van der Waals surface area contributed by atoms with Crippen LogP contribution in [-0.4, -0.2) is 29.3 Å². The molecule has 1 amide bonds. The van der Waals surface area contributed by atoms with Crippen molar-refractivity contribution < 1.29 is 14.6 Å². The first-order valence-electron chi connectivity index (χ1n) is 6.86. The molecule has 1 aliphatic rings. The topological polar surface area (TPSA) is 58.6 Å². The third kappa shape index (κ3) is 3.72. The Morgan fingerprint density at radius 1 is 1.40 bits per heavy atom. The van der Waals surface area contributed by atoms with Crippen LogP contribution in [0.5, 0.6) is 0 Å². The van der Waals surface area contributed by atoms with E-state index >= 15 is 0 Å². The van der Waals surface area contributed by atoms with Crippen LogP contribution in [0.25, 0.3) is 0 Å². The minimum Gasteiger partial charge on any atom is -0.386 e. The number of carbonyl (C=O) groups is 1. The molecule has 0 bridgehead atoms. The highest BCUT2D eigenvalue weighted by molar-refractivity contribution is 6.30. The van der Waals surface area contributed by atoms with Gasteiger partial charge in [-0.3, -0.25) is 4.79 Å². The largest absolute Gasteiger partial charge is 0.386 e. The van der Waals surface area contributed by atoms with Gasteiger partial charge in [0.1, 0.15) is 6.10 Å². The van der Waals surface area contributed by atoms with Crippen molar-refractivity contribution in [1.82, 2.24) is 5.32 Å². The van der Waals surface area contributed by atoms with E-state index in [1.807, 2.05) is 6.92 Å². The zero-order valence-electron chi connectivity index (χ0n) is 11.7. The van der Waals surface area contributed by atoms with Crippen molar-refractivity contribution in [3.05, 3.63) is 34.9 Å². The lowest BCUT2D eigenvalue weighted by atomic mass is 10.0. The van der Waals surface area contributed by atoms with E-state index in [1.165, 1.54) is 0 Å². The van der Waals surface area contributed by atoms with Gasteiger partial charge in [0.05, 0.1) is 18.2 Å². The second-order valence-corrected chi connectivity index (χ2v) is 5.74. The Labute approximate surface area is 124 Å². The molecule has 2 N–H and O–H groups in total. The fraction of sp³-hybridized carbons (Fsp3) is 0.533. The molecule has 4 unspecified atom stereocenters. The molecule has 5 heteroatoms. The summed E-state index contributed by atoms with van der Waals surface area (Å²) >= 11 is 5.81. The number of ether oxygens (including phenoxy) is 1. The Morgan fingerprint density at radius 2 is 2.05 bits per heavy atom. The number of aliphatic hydroxyl groups excluding tert-OH is 1. The maximum Gasteiger partial charge on any atom is 0.249 e. The summed E-state index contributed by atoms with van der Waals surface area (Å²) in [6, 6.07) is 6.56. The molecule has 4 nitrogen and oxygen atoms in total. The van der Waals surface area contributed by atoms with Gasteiger partial charge in [-0.15, -0.1) is 0 Å². The van der Waals surface area contributed by atoms with Gasteiger partial charge in [-0.1, -0.05) is 23.7 Å².